The number of nitrogens with one attached hydrogen (secondary N) is 2. The summed E-state index contributed by atoms with van der Waals surface area (Å²) in [5.41, 5.74) is 4.53. The second kappa shape index (κ2) is 15.9. The van der Waals surface area contributed by atoms with Crippen LogP contribution < -0.4 is 10.6 Å². The van der Waals surface area contributed by atoms with Crippen molar-refractivity contribution in [1.29, 1.82) is 0 Å². The Morgan fingerprint density at radius 3 is 1.22 bits per heavy atom. The van der Waals surface area contributed by atoms with E-state index < -0.39 is 29.9 Å². The van der Waals surface area contributed by atoms with E-state index in [9.17, 15) is 39.0 Å². The first kappa shape index (κ1) is 38.0. The molecule has 2 aliphatic carbocycles. The highest BCUT2D eigenvalue weighted by molar-refractivity contribution is 6.32. The molecule has 0 amide bonds. The second-order valence-corrected chi connectivity index (χ2v) is 13.9. The molecule has 6 aromatic rings. The molecule has 0 saturated carbocycles. The number of carbonyl (C=O) groups excluding carboxylic acids is 6. The second-order valence-electron chi connectivity index (χ2n) is 13.9. The van der Waals surface area contributed by atoms with E-state index in [1.165, 1.54) is 24.3 Å². The Labute approximate surface area is 337 Å². The Morgan fingerprint density at radius 1 is 0.458 bits per heavy atom. The highest BCUT2D eigenvalue weighted by atomic mass is 16.6. The SMILES string of the molecule is O=C(CC(=O)OCCc1cccc(Nc2ccc(O)c3c2C(=O)c2ccccc2C3=O)c1)OCCc1cccc(Nc2ccc(O)c3c2C(=O)c2ccccc2C3=O)c1. The number of ketones is 4. The molecule has 0 aromatic heterocycles. The van der Waals surface area contributed by atoms with Crippen LogP contribution in [0.3, 0.4) is 0 Å². The fourth-order valence-corrected chi connectivity index (χ4v) is 7.33. The molecule has 12 heteroatoms. The quantitative estimate of drug-likeness (QED) is 0.0547. The molecule has 0 atom stereocenters. The lowest BCUT2D eigenvalue weighted by molar-refractivity contribution is -0.154. The zero-order valence-electron chi connectivity index (χ0n) is 31.2. The first-order valence-corrected chi connectivity index (χ1v) is 18.7. The molecule has 292 valence electrons. The normalized spacial score (nSPS) is 12.5. The third kappa shape index (κ3) is 7.54. The Morgan fingerprint density at radius 2 is 0.831 bits per heavy atom. The van der Waals surface area contributed by atoms with Gasteiger partial charge in [0, 0.05) is 46.5 Å². The minimum absolute atomic E-state index is 0.00968. The smallest absolute Gasteiger partial charge is 0.317 e. The van der Waals surface area contributed by atoms with Crippen LogP contribution in [0.2, 0.25) is 0 Å². The number of fused-ring (bicyclic) bond motifs is 4. The van der Waals surface area contributed by atoms with E-state index in [0.29, 0.717) is 35.6 Å². The van der Waals surface area contributed by atoms with E-state index in [2.05, 4.69) is 10.6 Å². The van der Waals surface area contributed by atoms with Crippen molar-refractivity contribution < 1.29 is 48.5 Å². The number of anilines is 4. The topological polar surface area (TPSA) is 185 Å². The van der Waals surface area contributed by atoms with Crippen molar-refractivity contribution in [2.45, 2.75) is 19.3 Å². The lowest BCUT2D eigenvalue weighted by atomic mass is 9.82. The van der Waals surface area contributed by atoms with E-state index in [4.69, 9.17) is 9.47 Å². The van der Waals surface area contributed by atoms with Gasteiger partial charge in [-0.25, -0.2) is 0 Å². The summed E-state index contributed by atoms with van der Waals surface area (Å²) in [6.07, 6.45) is 0.0701. The summed E-state index contributed by atoms with van der Waals surface area (Å²) in [6.45, 7) is -0.0194. The fraction of sp³-hybridized carbons (Fsp3) is 0.106. The van der Waals surface area contributed by atoms with E-state index in [1.807, 2.05) is 12.1 Å². The van der Waals surface area contributed by atoms with Crippen LogP contribution in [0.5, 0.6) is 11.5 Å². The molecule has 0 aliphatic heterocycles. The molecular weight excluding hydrogens is 753 g/mol. The molecule has 0 fully saturated rings. The molecule has 8 rings (SSSR count). The maximum atomic E-state index is 13.4. The molecule has 0 radical (unpaired) electrons. The molecule has 12 nitrogen and oxygen atoms in total. The number of benzene rings is 6. The van der Waals surface area contributed by atoms with Crippen molar-refractivity contribution in [3.8, 4) is 11.5 Å². The van der Waals surface area contributed by atoms with Crippen molar-refractivity contribution in [1.82, 2.24) is 0 Å². The van der Waals surface area contributed by atoms with Gasteiger partial charge in [-0.2, -0.15) is 0 Å². The van der Waals surface area contributed by atoms with Gasteiger partial charge in [0.25, 0.3) is 0 Å². The zero-order valence-corrected chi connectivity index (χ0v) is 31.2. The van der Waals surface area contributed by atoms with Crippen LogP contribution in [0.25, 0.3) is 0 Å². The van der Waals surface area contributed by atoms with Crippen LogP contribution in [-0.4, -0.2) is 58.5 Å². The molecule has 0 unspecified atom stereocenters. The van der Waals surface area contributed by atoms with Crippen molar-refractivity contribution in [2.24, 2.45) is 0 Å². The van der Waals surface area contributed by atoms with Crippen LogP contribution >= 0.6 is 0 Å². The molecule has 6 aromatic carbocycles. The monoisotopic (exact) mass is 786 g/mol. The third-order valence-electron chi connectivity index (χ3n) is 10.1. The molecular formula is C47H34N2O10. The molecule has 4 N–H and O–H groups in total. The van der Waals surface area contributed by atoms with Gasteiger partial charge in [-0.3, -0.25) is 28.8 Å². The highest BCUT2D eigenvalue weighted by Gasteiger charge is 2.35. The van der Waals surface area contributed by atoms with Crippen LogP contribution in [-0.2, 0) is 31.9 Å². The Balaban J connectivity index is 0.817. The molecule has 0 saturated heterocycles. The Hall–Kier alpha value is -7.86. The number of aromatic hydroxyl groups is 2. The van der Waals surface area contributed by atoms with Gasteiger partial charge in [0.2, 0.25) is 0 Å². The van der Waals surface area contributed by atoms with E-state index in [0.717, 1.165) is 11.1 Å². The van der Waals surface area contributed by atoms with E-state index >= 15 is 0 Å². The number of ether oxygens (including phenoxy) is 2. The number of esters is 2. The molecule has 59 heavy (non-hydrogen) atoms. The summed E-state index contributed by atoms with van der Waals surface area (Å²) < 4.78 is 10.6. The lowest BCUT2D eigenvalue weighted by Gasteiger charge is -2.21. The summed E-state index contributed by atoms with van der Waals surface area (Å²) in [7, 11) is 0. The first-order valence-electron chi connectivity index (χ1n) is 18.7. The number of hydrogen-bond donors (Lipinski definition) is 4. The average Bonchev–Trinajstić information content (AvgIpc) is 3.23. The number of phenolic OH excluding ortho intramolecular Hbond substituents is 2. The maximum Gasteiger partial charge on any atom is 0.317 e. The molecule has 0 bridgehead atoms. The molecule has 2 aliphatic rings. The lowest BCUT2D eigenvalue weighted by Crippen LogP contribution is -2.22. The van der Waals surface area contributed by atoms with Gasteiger partial charge < -0.3 is 30.3 Å². The number of rotatable bonds is 12. The number of carbonyl (C=O) groups is 6. The van der Waals surface area contributed by atoms with Gasteiger partial charge in [-0.05, 0) is 59.7 Å². The van der Waals surface area contributed by atoms with Gasteiger partial charge in [-0.1, -0.05) is 72.8 Å². The van der Waals surface area contributed by atoms with Crippen LogP contribution in [0, 0.1) is 0 Å². The minimum atomic E-state index is -0.748. The van der Waals surface area contributed by atoms with Gasteiger partial charge in [0.05, 0.1) is 46.8 Å². The number of hydrogen-bond acceptors (Lipinski definition) is 12. The van der Waals surface area contributed by atoms with Gasteiger partial charge in [-0.15, -0.1) is 0 Å². The van der Waals surface area contributed by atoms with E-state index in [1.54, 1.807) is 84.9 Å². The fourth-order valence-electron chi connectivity index (χ4n) is 7.33. The van der Waals surface area contributed by atoms with Crippen LogP contribution in [0.4, 0.5) is 22.7 Å². The minimum Gasteiger partial charge on any atom is -0.507 e. The molecule has 0 heterocycles. The van der Waals surface area contributed by atoms with Crippen molar-refractivity contribution in [3.05, 3.63) is 177 Å². The summed E-state index contributed by atoms with van der Waals surface area (Å²) >= 11 is 0. The summed E-state index contributed by atoms with van der Waals surface area (Å²) in [4.78, 5) is 78.2. The average molecular weight is 787 g/mol. The van der Waals surface area contributed by atoms with Crippen molar-refractivity contribution in [3.63, 3.8) is 0 Å². The van der Waals surface area contributed by atoms with Crippen molar-refractivity contribution in [2.75, 3.05) is 23.8 Å². The van der Waals surface area contributed by atoms with E-state index in [-0.39, 0.29) is 80.8 Å². The maximum absolute atomic E-state index is 13.4. The summed E-state index contributed by atoms with van der Waals surface area (Å²) in [6, 6.07) is 33.1. The standard InChI is InChI=1S/C47H34N2O10/c50-36-17-15-34(40-42(36)46(56)32-13-3-1-11-30(32)44(40)54)48-28-9-5-7-26(23-28)19-21-58-38(52)25-39(53)59-22-20-27-8-6-10-29(24-27)49-35-16-18-37(51)43-41(35)45(55)31-12-2-4-14-33(31)47(43)57/h1-18,23-24,48-51H,19-22,25H2. The Bertz CT molecular complexity index is 2570. The number of phenols is 2. The predicted molar refractivity (Wildman–Crippen MR) is 216 cm³/mol. The highest BCUT2D eigenvalue weighted by Crippen LogP contribution is 2.39. The van der Waals surface area contributed by atoms with Crippen LogP contribution in [0.1, 0.15) is 81.2 Å². The van der Waals surface area contributed by atoms with Gasteiger partial charge in [0.1, 0.15) is 17.9 Å². The molecule has 0 spiro atoms. The van der Waals surface area contributed by atoms with Gasteiger partial charge in [0.15, 0.2) is 23.1 Å². The largest absolute Gasteiger partial charge is 0.507 e. The third-order valence-corrected chi connectivity index (χ3v) is 10.1. The first-order chi connectivity index (χ1) is 28.6. The zero-order chi connectivity index (χ0) is 41.2. The summed E-state index contributed by atoms with van der Waals surface area (Å²) in [5.74, 6) is -3.70. The predicted octanol–water partition coefficient (Wildman–Crippen LogP) is 7.40. The van der Waals surface area contributed by atoms with Crippen LogP contribution in [0.15, 0.2) is 121 Å². The van der Waals surface area contributed by atoms with Gasteiger partial charge >= 0.3 is 11.9 Å². The van der Waals surface area contributed by atoms with Crippen molar-refractivity contribution >= 4 is 57.8 Å². The Kier molecular flexibility index (Phi) is 10.3. The summed E-state index contributed by atoms with van der Waals surface area (Å²) in [5, 5.41) is 27.4.